The summed E-state index contributed by atoms with van der Waals surface area (Å²) in [5.41, 5.74) is 1.74. The predicted octanol–water partition coefficient (Wildman–Crippen LogP) is 4.80. The second kappa shape index (κ2) is 7.84. The molecule has 2 nitrogen and oxygen atoms in total. The van der Waals surface area contributed by atoms with Crippen molar-refractivity contribution in [2.24, 2.45) is 0 Å². The normalized spacial score (nSPS) is 11.9. The maximum absolute atomic E-state index is 12.7. The summed E-state index contributed by atoms with van der Waals surface area (Å²) in [5.74, 6) is -0.0671. The van der Waals surface area contributed by atoms with Crippen molar-refractivity contribution in [1.29, 1.82) is 0 Å². The van der Waals surface area contributed by atoms with Gasteiger partial charge in [0.25, 0.3) is 0 Å². The van der Waals surface area contributed by atoms with Gasteiger partial charge < -0.3 is 4.90 Å². The lowest BCUT2D eigenvalue weighted by molar-refractivity contribution is -0.118. The Kier molecular flexibility index (Phi) is 5.82. The number of anilines is 1. The van der Waals surface area contributed by atoms with Gasteiger partial charge in [0.05, 0.1) is 0 Å². The van der Waals surface area contributed by atoms with Crippen molar-refractivity contribution in [2.75, 3.05) is 11.4 Å². The Labute approximate surface area is 131 Å². The summed E-state index contributed by atoms with van der Waals surface area (Å²) in [6.07, 6.45) is 1.99. The van der Waals surface area contributed by atoms with Crippen LogP contribution < -0.4 is 4.90 Å². The zero-order valence-electron chi connectivity index (χ0n) is 12.2. The van der Waals surface area contributed by atoms with E-state index in [0.717, 1.165) is 24.1 Å². The number of rotatable bonds is 6. The van der Waals surface area contributed by atoms with Crippen LogP contribution in [-0.4, -0.2) is 12.5 Å². The van der Waals surface area contributed by atoms with E-state index < -0.39 is 5.38 Å². The number of para-hydroxylation sites is 1. The molecule has 0 aliphatic heterocycles. The van der Waals surface area contributed by atoms with Crippen LogP contribution in [0.4, 0.5) is 5.69 Å². The summed E-state index contributed by atoms with van der Waals surface area (Å²) in [7, 11) is 0. The van der Waals surface area contributed by atoms with Crippen LogP contribution in [0.3, 0.4) is 0 Å². The number of benzene rings is 2. The van der Waals surface area contributed by atoms with Gasteiger partial charge in [0.15, 0.2) is 0 Å². The molecule has 1 amide bonds. The fraction of sp³-hybridized carbons (Fsp3) is 0.278. The molecule has 2 rings (SSSR count). The standard InChI is InChI=1S/C18H20ClNO/c1-2-3-14-20(16-12-8-5-9-13-16)18(21)17(19)15-10-6-4-7-11-15/h4-13,17H,2-3,14H2,1H3. The molecular formula is C18H20ClNO. The molecule has 2 aromatic rings. The van der Waals surface area contributed by atoms with Gasteiger partial charge in [-0.3, -0.25) is 4.79 Å². The van der Waals surface area contributed by atoms with Gasteiger partial charge in [0.2, 0.25) is 5.91 Å². The Morgan fingerprint density at radius 3 is 2.19 bits per heavy atom. The van der Waals surface area contributed by atoms with Gasteiger partial charge in [-0.15, -0.1) is 11.6 Å². The third-order valence-corrected chi connectivity index (χ3v) is 3.82. The number of amides is 1. The average Bonchev–Trinajstić information content (AvgIpc) is 2.56. The van der Waals surface area contributed by atoms with Crippen LogP contribution in [0.15, 0.2) is 60.7 Å². The number of alkyl halides is 1. The van der Waals surface area contributed by atoms with E-state index in [1.54, 1.807) is 4.90 Å². The van der Waals surface area contributed by atoms with Crippen LogP contribution in [0.5, 0.6) is 0 Å². The first-order valence-corrected chi connectivity index (χ1v) is 7.73. The van der Waals surface area contributed by atoms with Gasteiger partial charge in [-0.25, -0.2) is 0 Å². The highest BCUT2D eigenvalue weighted by molar-refractivity contribution is 6.32. The van der Waals surface area contributed by atoms with E-state index in [9.17, 15) is 4.79 Å². The molecule has 1 atom stereocenters. The molecule has 0 fully saturated rings. The third-order valence-electron chi connectivity index (χ3n) is 3.38. The van der Waals surface area contributed by atoms with Gasteiger partial charge in [-0.2, -0.15) is 0 Å². The second-order valence-corrected chi connectivity index (χ2v) is 5.39. The quantitative estimate of drug-likeness (QED) is 0.702. The van der Waals surface area contributed by atoms with E-state index in [-0.39, 0.29) is 5.91 Å². The molecule has 0 saturated carbocycles. The highest BCUT2D eigenvalue weighted by Crippen LogP contribution is 2.26. The van der Waals surface area contributed by atoms with E-state index in [2.05, 4.69) is 6.92 Å². The van der Waals surface area contributed by atoms with E-state index >= 15 is 0 Å². The minimum atomic E-state index is -0.650. The summed E-state index contributed by atoms with van der Waals surface area (Å²) in [6.45, 7) is 2.80. The second-order valence-electron chi connectivity index (χ2n) is 4.95. The lowest BCUT2D eigenvalue weighted by Gasteiger charge is -2.25. The lowest BCUT2D eigenvalue weighted by atomic mass is 10.1. The minimum Gasteiger partial charge on any atom is -0.311 e. The largest absolute Gasteiger partial charge is 0.311 e. The van der Waals surface area contributed by atoms with Crippen molar-refractivity contribution in [3.05, 3.63) is 66.2 Å². The van der Waals surface area contributed by atoms with Crippen molar-refractivity contribution in [2.45, 2.75) is 25.1 Å². The Hall–Kier alpha value is -1.80. The maximum Gasteiger partial charge on any atom is 0.249 e. The van der Waals surface area contributed by atoms with Crippen molar-refractivity contribution in [3.63, 3.8) is 0 Å². The number of carbonyl (C=O) groups is 1. The SMILES string of the molecule is CCCCN(C(=O)C(Cl)c1ccccc1)c1ccccc1. The van der Waals surface area contributed by atoms with Crippen LogP contribution in [0, 0.1) is 0 Å². The first-order valence-electron chi connectivity index (χ1n) is 7.29. The van der Waals surface area contributed by atoms with Gasteiger partial charge >= 0.3 is 0 Å². The molecule has 3 heteroatoms. The van der Waals surface area contributed by atoms with Crippen LogP contribution in [-0.2, 0) is 4.79 Å². The highest BCUT2D eigenvalue weighted by Gasteiger charge is 2.24. The molecule has 0 saturated heterocycles. The maximum atomic E-state index is 12.7. The van der Waals surface area contributed by atoms with Crippen molar-refractivity contribution in [3.8, 4) is 0 Å². The molecule has 110 valence electrons. The molecule has 21 heavy (non-hydrogen) atoms. The van der Waals surface area contributed by atoms with E-state index in [1.807, 2.05) is 60.7 Å². The van der Waals surface area contributed by atoms with Crippen molar-refractivity contribution < 1.29 is 4.79 Å². The first kappa shape index (κ1) is 15.6. The molecule has 0 N–H and O–H groups in total. The average molecular weight is 302 g/mol. The summed E-state index contributed by atoms with van der Waals surface area (Å²) < 4.78 is 0. The lowest BCUT2D eigenvalue weighted by Crippen LogP contribution is -2.34. The van der Waals surface area contributed by atoms with Gasteiger partial charge in [-0.1, -0.05) is 61.9 Å². The third kappa shape index (κ3) is 4.08. The smallest absolute Gasteiger partial charge is 0.249 e. The van der Waals surface area contributed by atoms with Crippen molar-refractivity contribution >= 4 is 23.2 Å². The van der Waals surface area contributed by atoms with Crippen LogP contribution >= 0.6 is 11.6 Å². The number of halogens is 1. The first-order chi connectivity index (χ1) is 10.2. The molecular weight excluding hydrogens is 282 g/mol. The molecule has 0 radical (unpaired) electrons. The molecule has 0 spiro atoms. The number of carbonyl (C=O) groups excluding carboxylic acids is 1. The molecule has 0 bridgehead atoms. The summed E-state index contributed by atoms with van der Waals surface area (Å²) in [6, 6.07) is 19.2. The fourth-order valence-electron chi connectivity index (χ4n) is 2.19. The van der Waals surface area contributed by atoms with Gasteiger partial charge in [-0.05, 0) is 24.1 Å². The Balaban J connectivity index is 2.22. The van der Waals surface area contributed by atoms with Gasteiger partial charge in [0.1, 0.15) is 5.38 Å². The van der Waals surface area contributed by atoms with E-state index in [0.29, 0.717) is 6.54 Å². The number of hydrogen-bond donors (Lipinski definition) is 0. The fourth-order valence-corrected chi connectivity index (χ4v) is 2.46. The van der Waals surface area contributed by atoms with Crippen LogP contribution in [0.2, 0.25) is 0 Å². The number of hydrogen-bond acceptors (Lipinski definition) is 1. The van der Waals surface area contributed by atoms with Gasteiger partial charge in [0, 0.05) is 12.2 Å². The summed E-state index contributed by atoms with van der Waals surface area (Å²) >= 11 is 6.39. The minimum absolute atomic E-state index is 0.0671. The Morgan fingerprint density at radius 1 is 1.05 bits per heavy atom. The predicted molar refractivity (Wildman–Crippen MR) is 88.7 cm³/mol. The summed E-state index contributed by atoms with van der Waals surface area (Å²) in [5, 5.41) is -0.650. The van der Waals surface area contributed by atoms with Crippen LogP contribution in [0.25, 0.3) is 0 Å². The molecule has 1 unspecified atom stereocenters. The van der Waals surface area contributed by atoms with E-state index in [1.165, 1.54) is 0 Å². The molecule has 2 aromatic carbocycles. The monoisotopic (exact) mass is 301 g/mol. The molecule has 0 aliphatic carbocycles. The zero-order valence-corrected chi connectivity index (χ0v) is 13.0. The molecule has 0 heterocycles. The Bertz CT molecular complexity index is 556. The summed E-state index contributed by atoms with van der Waals surface area (Å²) in [4.78, 5) is 14.5. The highest BCUT2D eigenvalue weighted by atomic mass is 35.5. The number of nitrogens with zero attached hydrogens (tertiary/aromatic N) is 1. The molecule has 0 aliphatic rings. The topological polar surface area (TPSA) is 20.3 Å². The zero-order chi connectivity index (χ0) is 15.1. The van der Waals surface area contributed by atoms with E-state index in [4.69, 9.17) is 11.6 Å². The Morgan fingerprint density at radius 2 is 1.62 bits per heavy atom. The van der Waals surface area contributed by atoms with Crippen molar-refractivity contribution in [1.82, 2.24) is 0 Å². The number of unbranched alkanes of at least 4 members (excludes halogenated alkanes) is 1. The van der Waals surface area contributed by atoms with Crippen LogP contribution in [0.1, 0.15) is 30.7 Å². The molecule has 0 aromatic heterocycles.